The van der Waals surface area contributed by atoms with Crippen LogP contribution >= 0.6 is 11.3 Å². The Labute approximate surface area is 126 Å². The van der Waals surface area contributed by atoms with Crippen molar-refractivity contribution in [2.24, 2.45) is 0 Å². The molecule has 1 fully saturated rings. The fourth-order valence-electron chi connectivity index (χ4n) is 1.78. The number of hydrogen-bond donors (Lipinski definition) is 2. The Kier molecular flexibility index (Phi) is 3.77. The molecule has 0 atom stereocenters. The number of anilines is 2. The first-order valence-corrected chi connectivity index (χ1v) is 8.99. The second-order valence-corrected chi connectivity index (χ2v) is 7.27. The summed E-state index contributed by atoms with van der Waals surface area (Å²) in [5.74, 6) is 0.906. The number of sulfonamides is 1. The third kappa shape index (κ3) is 3.30. The van der Waals surface area contributed by atoms with Crippen molar-refractivity contribution < 1.29 is 8.42 Å². The average Bonchev–Trinajstić information content (AvgIpc) is 3.21. The zero-order chi connectivity index (χ0) is 14.9. The van der Waals surface area contributed by atoms with Crippen LogP contribution in [0.25, 0.3) is 0 Å². The normalized spacial score (nSPS) is 14.9. The summed E-state index contributed by atoms with van der Waals surface area (Å²) in [7, 11) is -3.69. The van der Waals surface area contributed by atoms with Crippen molar-refractivity contribution in [3.8, 4) is 0 Å². The van der Waals surface area contributed by atoms with E-state index in [1.807, 2.05) is 12.3 Å². The minimum atomic E-state index is -3.69. The monoisotopic (exact) mass is 325 g/mol. The van der Waals surface area contributed by atoms with Crippen LogP contribution in [0.2, 0.25) is 0 Å². The maximum atomic E-state index is 12.2. The summed E-state index contributed by atoms with van der Waals surface area (Å²) in [5.41, 5.74) is 0.969. The molecule has 21 heavy (non-hydrogen) atoms. The number of rotatable bonds is 6. The molecule has 1 aliphatic carbocycles. The lowest BCUT2D eigenvalue weighted by Crippen LogP contribution is -2.14. The van der Waals surface area contributed by atoms with Crippen molar-refractivity contribution in [3.63, 3.8) is 0 Å². The highest BCUT2D eigenvalue weighted by Gasteiger charge is 2.27. The van der Waals surface area contributed by atoms with Crippen LogP contribution < -0.4 is 10.0 Å². The second kappa shape index (κ2) is 5.57. The SMILES string of the molecule is CCNc1ncc(S(=O)(=O)Nc2nc(C3CC3)cs2)cn1. The van der Waals surface area contributed by atoms with Crippen LogP contribution in [0.3, 0.4) is 0 Å². The van der Waals surface area contributed by atoms with Gasteiger partial charge in [-0.1, -0.05) is 0 Å². The molecule has 9 heteroatoms. The van der Waals surface area contributed by atoms with Crippen molar-refractivity contribution in [2.75, 3.05) is 16.6 Å². The fraction of sp³-hybridized carbons (Fsp3) is 0.417. The molecule has 0 saturated heterocycles. The van der Waals surface area contributed by atoms with Gasteiger partial charge in [-0.3, -0.25) is 4.72 Å². The first kappa shape index (κ1) is 14.2. The van der Waals surface area contributed by atoms with Crippen LogP contribution in [0.1, 0.15) is 31.4 Å². The van der Waals surface area contributed by atoms with E-state index in [0.29, 0.717) is 23.5 Å². The van der Waals surface area contributed by atoms with Crippen LogP contribution in [-0.4, -0.2) is 29.9 Å². The highest BCUT2D eigenvalue weighted by molar-refractivity contribution is 7.93. The number of thiazole rings is 1. The third-order valence-electron chi connectivity index (χ3n) is 3.01. The highest BCUT2D eigenvalue weighted by atomic mass is 32.2. The van der Waals surface area contributed by atoms with E-state index in [4.69, 9.17) is 0 Å². The topological polar surface area (TPSA) is 96.9 Å². The maximum absolute atomic E-state index is 12.2. The van der Waals surface area contributed by atoms with Crippen molar-refractivity contribution in [2.45, 2.75) is 30.6 Å². The maximum Gasteiger partial charge on any atom is 0.266 e. The largest absolute Gasteiger partial charge is 0.355 e. The summed E-state index contributed by atoms with van der Waals surface area (Å²) in [6.07, 6.45) is 4.83. The van der Waals surface area contributed by atoms with Gasteiger partial charge in [0.05, 0.1) is 18.1 Å². The van der Waals surface area contributed by atoms with Gasteiger partial charge in [0, 0.05) is 17.8 Å². The van der Waals surface area contributed by atoms with E-state index >= 15 is 0 Å². The van der Waals surface area contributed by atoms with E-state index in [-0.39, 0.29) is 4.90 Å². The van der Waals surface area contributed by atoms with Crippen LogP contribution in [-0.2, 0) is 10.0 Å². The van der Waals surface area contributed by atoms with Crippen LogP contribution in [0.5, 0.6) is 0 Å². The molecular weight excluding hydrogens is 310 g/mol. The van der Waals surface area contributed by atoms with Gasteiger partial charge in [0.2, 0.25) is 5.95 Å². The van der Waals surface area contributed by atoms with E-state index in [1.165, 1.54) is 23.7 Å². The molecule has 0 aliphatic heterocycles. The van der Waals surface area contributed by atoms with E-state index in [1.54, 1.807) is 0 Å². The molecule has 7 nitrogen and oxygen atoms in total. The first-order chi connectivity index (χ1) is 10.1. The Morgan fingerprint density at radius 3 is 2.67 bits per heavy atom. The standard InChI is InChI=1S/C12H15N5O2S2/c1-2-13-11-14-5-9(6-15-11)21(18,19)17-12-16-10(7-20-12)8-3-4-8/h5-8H,2-4H2,1H3,(H,16,17)(H,13,14,15). The minimum absolute atomic E-state index is 0.0207. The summed E-state index contributed by atoms with van der Waals surface area (Å²) in [6, 6.07) is 0. The van der Waals surface area contributed by atoms with Gasteiger partial charge in [0.15, 0.2) is 5.13 Å². The molecule has 2 aromatic heterocycles. The van der Waals surface area contributed by atoms with Crippen molar-refractivity contribution >= 4 is 32.4 Å². The Morgan fingerprint density at radius 2 is 2.05 bits per heavy atom. The minimum Gasteiger partial charge on any atom is -0.355 e. The van der Waals surface area contributed by atoms with Gasteiger partial charge in [0.25, 0.3) is 10.0 Å². The number of nitrogens with one attached hydrogen (secondary N) is 2. The van der Waals surface area contributed by atoms with Gasteiger partial charge in [-0.15, -0.1) is 11.3 Å². The number of nitrogens with zero attached hydrogens (tertiary/aromatic N) is 3. The molecule has 0 bridgehead atoms. The van der Waals surface area contributed by atoms with Crippen LogP contribution in [0, 0.1) is 0 Å². The fourth-order valence-corrected chi connectivity index (χ4v) is 3.71. The third-order valence-corrected chi connectivity index (χ3v) is 5.21. The van der Waals surface area contributed by atoms with E-state index in [0.717, 1.165) is 18.5 Å². The van der Waals surface area contributed by atoms with Gasteiger partial charge in [-0.25, -0.2) is 23.4 Å². The smallest absolute Gasteiger partial charge is 0.266 e. The lowest BCUT2D eigenvalue weighted by atomic mass is 10.3. The predicted octanol–water partition coefficient (Wildman–Crippen LogP) is 2.04. The van der Waals surface area contributed by atoms with E-state index in [9.17, 15) is 8.42 Å². The molecule has 0 amide bonds. The lowest BCUT2D eigenvalue weighted by molar-refractivity contribution is 0.600. The van der Waals surface area contributed by atoms with Gasteiger partial charge < -0.3 is 5.32 Å². The summed E-state index contributed by atoms with van der Waals surface area (Å²) in [4.78, 5) is 12.2. The molecule has 2 heterocycles. The lowest BCUT2D eigenvalue weighted by Gasteiger charge is -2.05. The zero-order valence-corrected chi connectivity index (χ0v) is 13.0. The van der Waals surface area contributed by atoms with Crippen molar-refractivity contribution in [1.82, 2.24) is 15.0 Å². The summed E-state index contributed by atoms with van der Waals surface area (Å²) in [5, 5.41) is 5.20. The zero-order valence-electron chi connectivity index (χ0n) is 11.4. The Morgan fingerprint density at radius 1 is 1.33 bits per heavy atom. The van der Waals surface area contributed by atoms with Crippen molar-refractivity contribution in [3.05, 3.63) is 23.5 Å². The van der Waals surface area contributed by atoms with Gasteiger partial charge in [0.1, 0.15) is 4.90 Å². The number of aromatic nitrogens is 3. The Hall–Kier alpha value is -1.74. The highest BCUT2D eigenvalue weighted by Crippen LogP contribution is 2.41. The summed E-state index contributed by atoms with van der Waals surface area (Å²) >= 11 is 1.30. The molecule has 0 unspecified atom stereocenters. The van der Waals surface area contributed by atoms with Gasteiger partial charge in [-0.2, -0.15) is 0 Å². The molecule has 0 spiro atoms. The van der Waals surface area contributed by atoms with E-state index < -0.39 is 10.0 Å². The molecule has 2 N–H and O–H groups in total. The van der Waals surface area contributed by atoms with Gasteiger partial charge in [-0.05, 0) is 19.8 Å². The Balaban J connectivity index is 1.75. The molecule has 0 radical (unpaired) electrons. The molecule has 1 aliphatic rings. The van der Waals surface area contributed by atoms with Gasteiger partial charge >= 0.3 is 0 Å². The predicted molar refractivity (Wildman–Crippen MR) is 81.1 cm³/mol. The average molecular weight is 325 g/mol. The summed E-state index contributed by atoms with van der Waals surface area (Å²) < 4.78 is 26.9. The molecule has 0 aromatic carbocycles. The molecule has 3 rings (SSSR count). The molecular formula is C12H15N5O2S2. The van der Waals surface area contributed by atoms with Crippen LogP contribution in [0.4, 0.5) is 11.1 Å². The number of hydrogen-bond acceptors (Lipinski definition) is 7. The quantitative estimate of drug-likeness (QED) is 0.843. The molecule has 2 aromatic rings. The summed E-state index contributed by atoms with van der Waals surface area (Å²) in [6.45, 7) is 2.59. The Bertz CT molecular complexity index is 722. The first-order valence-electron chi connectivity index (χ1n) is 6.62. The second-order valence-electron chi connectivity index (χ2n) is 4.73. The van der Waals surface area contributed by atoms with E-state index in [2.05, 4.69) is 25.0 Å². The molecule has 112 valence electrons. The van der Waals surface area contributed by atoms with Crippen LogP contribution in [0.15, 0.2) is 22.7 Å². The molecule has 1 saturated carbocycles. The van der Waals surface area contributed by atoms with Crippen molar-refractivity contribution in [1.29, 1.82) is 0 Å².